The molecule has 140 valence electrons. The number of hydrogen-bond acceptors (Lipinski definition) is 6. The molecule has 0 saturated heterocycles. The van der Waals surface area contributed by atoms with Gasteiger partial charge in [0.2, 0.25) is 20.7 Å². The molecular weight excluding hydrogens is 379 g/mol. The highest BCUT2D eigenvalue weighted by Crippen LogP contribution is 2.26. The third kappa shape index (κ3) is 3.56. The molecule has 0 unspecified atom stereocenters. The van der Waals surface area contributed by atoms with Crippen molar-refractivity contribution in [3.63, 3.8) is 0 Å². The molecule has 1 heterocycles. The minimum absolute atomic E-state index is 0.0310. The van der Waals surface area contributed by atoms with Gasteiger partial charge in [-0.05, 0) is 38.2 Å². The van der Waals surface area contributed by atoms with Gasteiger partial charge in [0.25, 0.3) is 0 Å². The van der Waals surface area contributed by atoms with Gasteiger partial charge in [-0.1, -0.05) is 0 Å². The van der Waals surface area contributed by atoms with Crippen molar-refractivity contribution < 1.29 is 12.8 Å². The molecule has 0 amide bonds. The van der Waals surface area contributed by atoms with Crippen molar-refractivity contribution in [2.45, 2.75) is 19.1 Å². The zero-order chi connectivity index (χ0) is 19.8. The topological polar surface area (TPSA) is 95.9 Å². The molecule has 1 N–H and O–H groups in total. The first-order chi connectivity index (χ1) is 12.0. The van der Waals surface area contributed by atoms with Gasteiger partial charge >= 0.3 is 0 Å². The van der Waals surface area contributed by atoms with Crippen LogP contribution in [0.15, 0.2) is 12.1 Å². The summed E-state index contributed by atoms with van der Waals surface area (Å²) < 4.78 is 44.2. The van der Waals surface area contributed by atoms with Crippen LogP contribution in [-0.4, -0.2) is 42.1 Å². The van der Waals surface area contributed by atoms with Crippen molar-refractivity contribution in [1.82, 2.24) is 14.3 Å². The molecule has 11 heteroatoms. The zero-order valence-corrected chi connectivity index (χ0v) is 16.6. The van der Waals surface area contributed by atoms with Crippen LogP contribution in [0.5, 0.6) is 0 Å². The van der Waals surface area contributed by atoms with E-state index in [0.717, 1.165) is 6.07 Å². The maximum Gasteiger partial charge on any atom is 0.235 e. The Balaban J connectivity index is 2.70. The number of rotatable bonds is 5. The van der Waals surface area contributed by atoms with Crippen LogP contribution in [0.1, 0.15) is 19.4 Å². The van der Waals surface area contributed by atoms with Crippen LogP contribution in [0.3, 0.4) is 0 Å². The molecule has 0 fully saturated rings. The van der Waals surface area contributed by atoms with E-state index in [9.17, 15) is 18.1 Å². The highest BCUT2D eigenvalue weighted by Gasteiger charge is 2.21. The first-order valence-corrected chi connectivity index (χ1v) is 9.54. The highest BCUT2D eigenvalue weighted by atomic mass is 32.2. The van der Waals surface area contributed by atoms with Crippen molar-refractivity contribution in [3.8, 4) is 11.8 Å². The lowest BCUT2D eigenvalue weighted by atomic mass is 10.1. The SMILES string of the molecule is CC(C)S(=O)(=O)Nc1cc(-n2nc(N(C)C)n(C)c2=S)c(F)cc1C#N. The van der Waals surface area contributed by atoms with E-state index in [0.29, 0.717) is 5.95 Å². The Labute approximate surface area is 156 Å². The van der Waals surface area contributed by atoms with E-state index in [4.69, 9.17) is 12.2 Å². The number of nitrogens with zero attached hydrogens (tertiary/aromatic N) is 5. The number of nitrogens with one attached hydrogen (secondary N) is 1. The van der Waals surface area contributed by atoms with Gasteiger partial charge in [0.1, 0.15) is 17.6 Å². The number of halogens is 1. The van der Waals surface area contributed by atoms with Crippen molar-refractivity contribution in [1.29, 1.82) is 5.26 Å². The van der Waals surface area contributed by atoms with Gasteiger partial charge in [0, 0.05) is 21.1 Å². The number of aromatic nitrogens is 3. The third-order valence-corrected chi connectivity index (χ3v) is 5.86. The summed E-state index contributed by atoms with van der Waals surface area (Å²) in [5.41, 5.74) is -0.221. The van der Waals surface area contributed by atoms with E-state index < -0.39 is 21.1 Å². The summed E-state index contributed by atoms with van der Waals surface area (Å²) in [6.07, 6.45) is 0. The zero-order valence-electron chi connectivity index (χ0n) is 15.0. The van der Waals surface area contributed by atoms with Crippen LogP contribution >= 0.6 is 12.2 Å². The Morgan fingerprint density at radius 1 is 1.38 bits per heavy atom. The number of sulfonamides is 1. The number of nitriles is 1. The maximum absolute atomic E-state index is 14.6. The quantitative estimate of drug-likeness (QED) is 0.776. The highest BCUT2D eigenvalue weighted by molar-refractivity contribution is 7.93. The summed E-state index contributed by atoms with van der Waals surface area (Å²) in [7, 11) is 1.50. The van der Waals surface area contributed by atoms with E-state index in [1.165, 1.54) is 24.6 Å². The molecule has 0 aliphatic rings. The average molecular weight is 398 g/mol. The molecule has 0 saturated carbocycles. The molecule has 2 aromatic rings. The first-order valence-electron chi connectivity index (χ1n) is 7.58. The summed E-state index contributed by atoms with van der Waals surface area (Å²) >= 11 is 5.30. The van der Waals surface area contributed by atoms with E-state index >= 15 is 0 Å². The summed E-state index contributed by atoms with van der Waals surface area (Å²) in [6, 6.07) is 3.97. The van der Waals surface area contributed by atoms with Crippen molar-refractivity contribution in [2.75, 3.05) is 23.7 Å². The molecule has 26 heavy (non-hydrogen) atoms. The number of benzene rings is 1. The van der Waals surface area contributed by atoms with Gasteiger partial charge in [-0.3, -0.25) is 9.29 Å². The minimum atomic E-state index is -3.71. The van der Waals surface area contributed by atoms with Crippen LogP contribution in [0, 0.1) is 21.9 Å². The lowest BCUT2D eigenvalue weighted by Gasteiger charge is -2.14. The molecule has 0 radical (unpaired) electrons. The van der Waals surface area contributed by atoms with Crippen molar-refractivity contribution in [3.05, 3.63) is 28.3 Å². The van der Waals surface area contributed by atoms with E-state index in [1.54, 1.807) is 36.7 Å². The summed E-state index contributed by atoms with van der Waals surface area (Å²) in [5, 5.41) is 12.8. The lowest BCUT2D eigenvalue weighted by molar-refractivity contribution is 0.592. The summed E-state index contributed by atoms with van der Waals surface area (Å²) in [4.78, 5) is 1.70. The molecule has 0 aliphatic carbocycles. The fourth-order valence-corrected chi connectivity index (χ4v) is 3.08. The molecule has 2 rings (SSSR count). The van der Waals surface area contributed by atoms with E-state index in [-0.39, 0.29) is 21.7 Å². The molecule has 0 aliphatic heterocycles. The Kier molecular flexibility index (Phi) is 5.39. The third-order valence-electron chi connectivity index (χ3n) is 3.67. The van der Waals surface area contributed by atoms with Crippen LogP contribution in [0.25, 0.3) is 5.69 Å². The second-order valence-electron chi connectivity index (χ2n) is 6.10. The molecule has 8 nitrogen and oxygen atoms in total. The second kappa shape index (κ2) is 7.05. The Morgan fingerprint density at radius 3 is 2.46 bits per heavy atom. The summed E-state index contributed by atoms with van der Waals surface area (Å²) in [5.74, 6) is -0.253. The number of hydrogen-bond donors (Lipinski definition) is 1. The predicted molar refractivity (Wildman–Crippen MR) is 100 cm³/mol. The summed E-state index contributed by atoms with van der Waals surface area (Å²) in [6.45, 7) is 2.99. The van der Waals surface area contributed by atoms with Gasteiger partial charge in [-0.2, -0.15) is 5.26 Å². The number of anilines is 2. The smallest absolute Gasteiger partial charge is 0.235 e. The van der Waals surface area contributed by atoms with Gasteiger partial charge in [0.05, 0.1) is 16.5 Å². The van der Waals surface area contributed by atoms with Gasteiger partial charge in [-0.15, -0.1) is 5.10 Å². The Bertz CT molecular complexity index is 1050. The average Bonchev–Trinajstić information content (AvgIpc) is 2.84. The molecular formula is C15H19FN6O2S2. The van der Waals surface area contributed by atoms with Crippen LogP contribution < -0.4 is 9.62 Å². The van der Waals surface area contributed by atoms with Gasteiger partial charge in [-0.25, -0.2) is 17.5 Å². The largest absolute Gasteiger partial charge is 0.347 e. The standard InChI is InChI=1S/C15H19FN6O2S2/c1-9(2)26(23,24)19-12-7-13(11(16)6-10(12)8-17)22-15(25)21(5)14(18-22)20(3)4/h6-7,9,19H,1-5H3. The first kappa shape index (κ1) is 19.9. The van der Waals surface area contributed by atoms with Crippen molar-refractivity contribution >= 4 is 33.9 Å². The van der Waals surface area contributed by atoms with Crippen LogP contribution in [0.4, 0.5) is 16.0 Å². The molecule has 0 spiro atoms. The maximum atomic E-state index is 14.6. The lowest BCUT2D eigenvalue weighted by Crippen LogP contribution is -2.23. The molecule has 0 atom stereocenters. The Morgan fingerprint density at radius 2 is 2.00 bits per heavy atom. The van der Waals surface area contributed by atoms with E-state index in [2.05, 4.69) is 9.82 Å². The molecule has 1 aromatic heterocycles. The monoisotopic (exact) mass is 398 g/mol. The molecule has 0 bridgehead atoms. The van der Waals surface area contributed by atoms with E-state index in [1.807, 2.05) is 0 Å². The second-order valence-corrected chi connectivity index (χ2v) is 8.71. The van der Waals surface area contributed by atoms with Gasteiger partial charge < -0.3 is 4.90 Å². The normalized spacial score (nSPS) is 11.5. The fourth-order valence-electron chi connectivity index (χ4n) is 2.15. The van der Waals surface area contributed by atoms with Gasteiger partial charge in [0.15, 0.2) is 0 Å². The predicted octanol–water partition coefficient (Wildman–Crippen LogP) is 2.17. The Hall–Kier alpha value is -2.45. The molecule has 1 aromatic carbocycles. The van der Waals surface area contributed by atoms with Crippen LogP contribution in [0.2, 0.25) is 0 Å². The van der Waals surface area contributed by atoms with Crippen LogP contribution in [-0.2, 0) is 17.1 Å². The minimum Gasteiger partial charge on any atom is -0.347 e. The fraction of sp³-hybridized carbons (Fsp3) is 0.400. The van der Waals surface area contributed by atoms with Crippen molar-refractivity contribution in [2.24, 2.45) is 7.05 Å².